The van der Waals surface area contributed by atoms with Crippen molar-refractivity contribution < 1.29 is 14.4 Å². The second-order valence-electron chi connectivity index (χ2n) is 6.67. The molecular weight excluding hydrogens is 368 g/mol. The zero-order valence-electron chi connectivity index (χ0n) is 17.1. The molecule has 2 aromatic rings. The van der Waals surface area contributed by atoms with E-state index in [1.807, 2.05) is 26.0 Å². The molecule has 7 nitrogen and oxygen atoms in total. The predicted molar refractivity (Wildman–Crippen MR) is 116 cm³/mol. The van der Waals surface area contributed by atoms with Crippen LogP contribution < -0.4 is 21.3 Å². The van der Waals surface area contributed by atoms with Crippen LogP contribution in [-0.2, 0) is 9.59 Å². The van der Waals surface area contributed by atoms with Gasteiger partial charge in [0, 0.05) is 35.6 Å². The molecule has 0 fully saturated rings. The van der Waals surface area contributed by atoms with Gasteiger partial charge in [-0.1, -0.05) is 26.0 Å². The van der Waals surface area contributed by atoms with Gasteiger partial charge < -0.3 is 21.3 Å². The van der Waals surface area contributed by atoms with Crippen molar-refractivity contribution in [3.05, 3.63) is 53.6 Å². The highest BCUT2D eigenvalue weighted by molar-refractivity contribution is 5.98. The standard InChI is InChI=1S/C22H28N4O3/c1-4-11-23-22(29)16-7-6-8-18(12-16)25-21(28)14-24-17-10-9-15(3)19(13-17)26-20(27)5-2/h6-10,12-13,24H,4-5,11,14H2,1-3H3,(H,23,29)(H,25,28)(H,26,27). The van der Waals surface area contributed by atoms with Crippen LogP contribution in [0, 0.1) is 6.92 Å². The van der Waals surface area contributed by atoms with Crippen molar-refractivity contribution in [2.75, 3.05) is 29.0 Å². The average molecular weight is 396 g/mol. The zero-order valence-corrected chi connectivity index (χ0v) is 17.1. The van der Waals surface area contributed by atoms with E-state index in [2.05, 4.69) is 21.3 Å². The van der Waals surface area contributed by atoms with Gasteiger partial charge in [-0.25, -0.2) is 0 Å². The summed E-state index contributed by atoms with van der Waals surface area (Å²) in [4.78, 5) is 35.9. The smallest absolute Gasteiger partial charge is 0.251 e. The lowest BCUT2D eigenvalue weighted by atomic mass is 10.1. The summed E-state index contributed by atoms with van der Waals surface area (Å²) in [7, 11) is 0. The van der Waals surface area contributed by atoms with Crippen LogP contribution in [0.15, 0.2) is 42.5 Å². The molecule has 0 aliphatic rings. The molecule has 0 saturated heterocycles. The molecule has 0 aromatic heterocycles. The van der Waals surface area contributed by atoms with Crippen LogP contribution in [0.5, 0.6) is 0 Å². The number of rotatable bonds is 9. The van der Waals surface area contributed by atoms with Gasteiger partial charge in [-0.05, 0) is 49.2 Å². The van der Waals surface area contributed by atoms with Crippen molar-refractivity contribution in [1.29, 1.82) is 0 Å². The molecule has 0 aliphatic heterocycles. The van der Waals surface area contributed by atoms with Crippen molar-refractivity contribution in [2.24, 2.45) is 0 Å². The zero-order chi connectivity index (χ0) is 21.2. The number of nitrogens with one attached hydrogen (secondary N) is 4. The maximum atomic E-state index is 12.3. The van der Waals surface area contributed by atoms with Crippen LogP contribution in [0.4, 0.5) is 17.1 Å². The van der Waals surface area contributed by atoms with Crippen LogP contribution >= 0.6 is 0 Å². The molecule has 0 aliphatic carbocycles. The van der Waals surface area contributed by atoms with Gasteiger partial charge in [0.15, 0.2) is 0 Å². The third-order valence-electron chi connectivity index (χ3n) is 4.23. The van der Waals surface area contributed by atoms with E-state index in [0.29, 0.717) is 29.9 Å². The number of anilines is 3. The quantitative estimate of drug-likeness (QED) is 0.521. The second-order valence-corrected chi connectivity index (χ2v) is 6.67. The molecule has 4 N–H and O–H groups in total. The maximum Gasteiger partial charge on any atom is 0.251 e. The Morgan fingerprint density at radius 3 is 2.41 bits per heavy atom. The van der Waals surface area contributed by atoms with E-state index in [-0.39, 0.29) is 24.3 Å². The highest BCUT2D eigenvalue weighted by Gasteiger charge is 2.08. The SMILES string of the molecule is CCCNC(=O)c1cccc(NC(=O)CNc2ccc(C)c(NC(=O)CC)c2)c1. The molecule has 29 heavy (non-hydrogen) atoms. The summed E-state index contributed by atoms with van der Waals surface area (Å²) >= 11 is 0. The van der Waals surface area contributed by atoms with E-state index in [1.54, 1.807) is 37.3 Å². The molecule has 3 amide bonds. The van der Waals surface area contributed by atoms with E-state index in [4.69, 9.17) is 0 Å². The van der Waals surface area contributed by atoms with Crippen molar-refractivity contribution in [3.8, 4) is 0 Å². The minimum Gasteiger partial charge on any atom is -0.376 e. The summed E-state index contributed by atoms with van der Waals surface area (Å²) < 4.78 is 0. The fourth-order valence-electron chi connectivity index (χ4n) is 2.57. The first-order valence-corrected chi connectivity index (χ1v) is 9.75. The Balaban J connectivity index is 1.94. The lowest BCUT2D eigenvalue weighted by molar-refractivity contribution is -0.116. The molecule has 0 unspecified atom stereocenters. The maximum absolute atomic E-state index is 12.3. The van der Waals surface area contributed by atoms with Crippen LogP contribution in [0.3, 0.4) is 0 Å². The van der Waals surface area contributed by atoms with Gasteiger partial charge in [-0.2, -0.15) is 0 Å². The van der Waals surface area contributed by atoms with E-state index >= 15 is 0 Å². The first-order valence-electron chi connectivity index (χ1n) is 9.75. The van der Waals surface area contributed by atoms with E-state index in [1.165, 1.54) is 0 Å². The van der Waals surface area contributed by atoms with Crippen LogP contribution in [-0.4, -0.2) is 30.8 Å². The summed E-state index contributed by atoms with van der Waals surface area (Å²) in [5.74, 6) is -0.468. The van der Waals surface area contributed by atoms with Crippen molar-refractivity contribution in [1.82, 2.24) is 5.32 Å². The molecule has 7 heteroatoms. The minimum atomic E-state index is -0.240. The highest BCUT2D eigenvalue weighted by atomic mass is 16.2. The summed E-state index contributed by atoms with van der Waals surface area (Å²) in [6.45, 7) is 6.34. The molecule has 0 radical (unpaired) electrons. The number of carbonyl (C=O) groups is 3. The first-order chi connectivity index (χ1) is 13.9. The topological polar surface area (TPSA) is 99.3 Å². The number of aryl methyl sites for hydroxylation is 1. The lowest BCUT2D eigenvalue weighted by Gasteiger charge is -2.12. The molecule has 0 spiro atoms. The van der Waals surface area contributed by atoms with Crippen LogP contribution in [0.25, 0.3) is 0 Å². The van der Waals surface area contributed by atoms with E-state index < -0.39 is 0 Å². The van der Waals surface area contributed by atoms with Gasteiger partial charge in [-0.15, -0.1) is 0 Å². The fourth-order valence-corrected chi connectivity index (χ4v) is 2.57. The van der Waals surface area contributed by atoms with Crippen LogP contribution in [0.2, 0.25) is 0 Å². The van der Waals surface area contributed by atoms with Gasteiger partial charge in [0.2, 0.25) is 11.8 Å². The predicted octanol–water partition coefficient (Wildman–Crippen LogP) is 3.53. The summed E-state index contributed by atoms with van der Waals surface area (Å²) in [6.07, 6.45) is 1.26. The monoisotopic (exact) mass is 396 g/mol. The van der Waals surface area contributed by atoms with Gasteiger partial charge in [0.25, 0.3) is 5.91 Å². The van der Waals surface area contributed by atoms with Crippen molar-refractivity contribution >= 4 is 34.8 Å². The Bertz CT molecular complexity index is 880. The Morgan fingerprint density at radius 1 is 0.897 bits per heavy atom. The Kier molecular flexibility index (Phi) is 8.21. The third-order valence-corrected chi connectivity index (χ3v) is 4.23. The van der Waals surface area contributed by atoms with Crippen molar-refractivity contribution in [2.45, 2.75) is 33.6 Å². The number of amides is 3. The minimum absolute atomic E-state index is 0.0521. The number of benzene rings is 2. The first kappa shape index (κ1) is 21.9. The van der Waals surface area contributed by atoms with E-state index in [0.717, 1.165) is 17.7 Å². The van der Waals surface area contributed by atoms with Gasteiger partial charge in [-0.3, -0.25) is 14.4 Å². The Labute approximate surface area is 171 Å². The van der Waals surface area contributed by atoms with E-state index in [9.17, 15) is 14.4 Å². The molecule has 154 valence electrons. The summed E-state index contributed by atoms with van der Waals surface area (Å²) in [5, 5.41) is 11.5. The summed E-state index contributed by atoms with van der Waals surface area (Å²) in [6, 6.07) is 12.3. The highest BCUT2D eigenvalue weighted by Crippen LogP contribution is 2.20. The van der Waals surface area contributed by atoms with Crippen molar-refractivity contribution in [3.63, 3.8) is 0 Å². The van der Waals surface area contributed by atoms with Gasteiger partial charge in [0.05, 0.1) is 6.54 Å². The van der Waals surface area contributed by atoms with Crippen LogP contribution in [0.1, 0.15) is 42.6 Å². The average Bonchev–Trinajstić information content (AvgIpc) is 2.72. The molecule has 0 atom stereocenters. The molecular formula is C22H28N4O3. The molecule has 2 aromatic carbocycles. The number of hydrogen-bond donors (Lipinski definition) is 4. The van der Waals surface area contributed by atoms with Gasteiger partial charge >= 0.3 is 0 Å². The third kappa shape index (κ3) is 6.95. The Morgan fingerprint density at radius 2 is 1.69 bits per heavy atom. The summed E-state index contributed by atoms with van der Waals surface area (Å²) in [5.41, 5.74) is 3.44. The molecule has 0 bridgehead atoms. The van der Waals surface area contributed by atoms with Gasteiger partial charge in [0.1, 0.15) is 0 Å². The fraction of sp³-hybridized carbons (Fsp3) is 0.318. The molecule has 0 saturated carbocycles. The lowest BCUT2D eigenvalue weighted by Crippen LogP contribution is -2.25. The normalized spacial score (nSPS) is 10.2. The Hall–Kier alpha value is -3.35. The largest absolute Gasteiger partial charge is 0.376 e. The molecule has 2 rings (SSSR count). The number of hydrogen-bond acceptors (Lipinski definition) is 4. The molecule has 0 heterocycles. The second kappa shape index (κ2) is 10.8. The number of carbonyl (C=O) groups excluding carboxylic acids is 3.